The molecule has 0 fully saturated rings. The third kappa shape index (κ3) is 5.81. The summed E-state index contributed by atoms with van der Waals surface area (Å²) in [6, 6.07) is 11.4. The van der Waals surface area contributed by atoms with Gasteiger partial charge in [0.1, 0.15) is 5.75 Å². The Balaban J connectivity index is 1.86. The number of amides is 1. The minimum atomic E-state index is -0.471. The van der Waals surface area contributed by atoms with Gasteiger partial charge in [0, 0.05) is 32.0 Å². The molecule has 0 aromatic heterocycles. The van der Waals surface area contributed by atoms with Gasteiger partial charge in [0.05, 0.1) is 13.7 Å². The SMILES string of the molecule is CCOc1ccc(C(=O)CCC(=O)N(C)Cc2ccc(OC)c(F)c2)cc1. The summed E-state index contributed by atoms with van der Waals surface area (Å²) in [5, 5.41) is 0. The highest BCUT2D eigenvalue weighted by molar-refractivity contribution is 5.98. The molecule has 2 rings (SSSR count). The number of rotatable bonds is 9. The molecule has 0 spiro atoms. The van der Waals surface area contributed by atoms with Crippen LogP contribution in [-0.2, 0) is 11.3 Å². The lowest BCUT2D eigenvalue weighted by Crippen LogP contribution is -2.26. The van der Waals surface area contributed by atoms with Crippen LogP contribution in [0.3, 0.4) is 0 Å². The standard InChI is InChI=1S/C21H24FNO4/c1-4-27-17-8-6-16(7-9-17)19(24)10-12-21(25)23(2)14-15-5-11-20(26-3)18(22)13-15/h5-9,11,13H,4,10,12,14H2,1-3H3. The Morgan fingerprint density at radius 3 is 2.37 bits per heavy atom. The number of nitrogens with zero attached hydrogens (tertiary/aromatic N) is 1. The molecule has 6 heteroatoms. The molecule has 0 N–H and O–H groups in total. The van der Waals surface area contributed by atoms with Crippen molar-refractivity contribution in [3.05, 3.63) is 59.4 Å². The van der Waals surface area contributed by atoms with Gasteiger partial charge in [0.2, 0.25) is 5.91 Å². The van der Waals surface area contributed by atoms with Crippen LogP contribution in [-0.4, -0.2) is 37.4 Å². The fourth-order valence-corrected chi connectivity index (χ4v) is 2.63. The van der Waals surface area contributed by atoms with Gasteiger partial charge in [0.15, 0.2) is 17.3 Å². The second kappa shape index (κ2) is 9.71. The second-order valence-electron chi connectivity index (χ2n) is 6.10. The molecule has 0 heterocycles. The zero-order valence-corrected chi connectivity index (χ0v) is 15.8. The molecule has 0 saturated carbocycles. The summed E-state index contributed by atoms with van der Waals surface area (Å²) < 4.78 is 24.0. The summed E-state index contributed by atoms with van der Waals surface area (Å²) in [6.45, 7) is 2.71. The summed E-state index contributed by atoms with van der Waals surface area (Å²) >= 11 is 0. The average Bonchev–Trinajstić information content (AvgIpc) is 2.66. The predicted molar refractivity (Wildman–Crippen MR) is 101 cm³/mol. The Bertz CT molecular complexity index is 789. The Hall–Kier alpha value is -2.89. The van der Waals surface area contributed by atoms with E-state index in [0.29, 0.717) is 23.5 Å². The van der Waals surface area contributed by atoms with Gasteiger partial charge < -0.3 is 14.4 Å². The first-order valence-corrected chi connectivity index (χ1v) is 8.77. The van der Waals surface area contributed by atoms with Crippen molar-refractivity contribution in [1.82, 2.24) is 4.90 Å². The van der Waals surface area contributed by atoms with Crippen LogP contribution in [0.4, 0.5) is 4.39 Å². The van der Waals surface area contributed by atoms with Crippen molar-refractivity contribution in [3.63, 3.8) is 0 Å². The van der Waals surface area contributed by atoms with Gasteiger partial charge in [-0.3, -0.25) is 9.59 Å². The van der Waals surface area contributed by atoms with Gasteiger partial charge >= 0.3 is 0 Å². The lowest BCUT2D eigenvalue weighted by Gasteiger charge is -2.17. The number of methoxy groups -OCH3 is 1. The molecule has 2 aromatic carbocycles. The third-order valence-corrected chi connectivity index (χ3v) is 4.11. The molecule has 0 bridgehead atoms. The quantitative estimate of drug-likeness (QED) is 0.627. The monoisotopic (exact) mass is 373 g/mol. The van der Waals surface area contributed by atoms with E-state index in [0.717, 1.165) is 0 Å². The van der Waals surface area contributed by atoms with E-state index < -0.39 is 5.82 Å². The highest BCUT2D eigenvalue weighted by Crippen LogP contribution is 2.19. The Morgan fingerprint density at radius 1 is 1.07 bits per heavy atom. The molecule has 1 amide bonds. The van der Waals surface area contributed by atoms with E-state index in [4.69, 9.17) is 9.47 Å². The summed E-state index contributed by atoms with van der Waals surface area (Å²) in [7, 11) is 3.03. The molecule has 0 radical (unpaired) electrons. The molecule has 0 aliphatic heterocycles. The zero-order chi connectivity index (χ0) is 19.8. The maximum atomic E-state index is 13.7. The van der Waals surface area contributed by atoms with Gasteiger partial charge in [-0.2, -0.15) is 0 Å². The summed E-state index contributed by atoms with van der Waals surface area (Å²) in [4.78, 5) is 26.0. The topological polar surface area (TPSA) is 55.8 Å². The van der Waals surface area contributed by atoms with Crippen LogP contribution in [0.25, 0.3) is 0 Å². The zero-order valence-electron chi connectivity index (χ0n) is 15.8. The van der Waals surface area contributed by atoms with Crippen LogP contribution in [0.1, 0.15) is 35.7 Å². The smallest absolute Gasteiger partial charge is 0.223 e. The molecule has 0 aliphatic rings. The fourth-order valence-electron chi connectivity index (χ4n) is 2.63. The molecule has 0 aliphatic carbocycles. The normalized spacial score (nSPS) is 10.4. The van der Waals surface area contributed by atoms with Gasteiger partial charge in [-0.05, 0) is 48.9 Å². The minimum absolute atomic E-state index is 0.0984. The van der Waals surface area contributed by atoms with Gasteiger partial charge in [-0.25, -0.2) is 4.39 Å². The number of carbonyl (C=O) groups is 2. The number of hydrogen-bond donors (Lipinski definition) is 0. The van der Waals surface area contributed by atoms with Gasteiger partial charge in [-0.15, -0.1) is 0 Å². The van der Waals surface area contributed by atoms with Gasteiger partial charge in [0.25, 0.3) is 0 Å². The largest absolute Gasteiger partial charge is 0.494 e. The van der Waals surface area contributed by atoms with Crippen molar-refractivity contribution in [3.8, 4) is 11.5 Å². The Morgan fingerprint density at radius 2 is 1.78 bits per heavy atom. The van der Waals surface area contributed by atoms with Crippen molar-refractivity contribution in [2.24, 2.45) is 0 Å². The molecule has 0 saturated heterocycles. The average molecular weight is 373 g/mol. The number of ether oxygens (including phenoxy) is 2. The lowest BCUT2D eigenvalue weighted by molar-refractivity contribution is -0.130. The number of benzene rings is 2. The summed E-state index contributed by atoms with van der Waals surface area (Å²) in [5.74, 6) is 0.118. The van der Waals surface area contributed by atoms with Crippen LogP contribution in [0, 0.1) is 5.82 Å². The van der Waals surface area contributed by atoms with E-state index in [9.17, 15) is 14.0 Å². The molecule has 2 aromatic rings. The number of ketones is 1. The van der Waals surface area contributed by atoms with Crippen LogP contribution in [0.15, 0.2) is 42.5 Å². The number of carbonyl (C=O) groups excluding carboxylic acids is 2. The third-order valence-electron chi connectivity index (χ3n) is 4.11. The first-order valence-electron chi connectivity index (χ1n) is 8.77. The Labute approximate surface area is 158 Å². The Kier molecular flexibility index (Phi) is 7.34. The first kappa shape index (κ1) is 20.4. The number of Topliss-reactive ketones (excluding diaryl/α,β-unsaturated/α-hetero) is 1. The van der Waals surface area contributed by atoms with Crippen molar-refractivity contribution in [2.75, 3.05) is 20.8 Å². The maximum absolute atomic E-state index is 13.7. The minimum Gasteiger partial charge on any atom is -0.494 e. The highest BCUT2D eigenvalue weighted by atomic mass is 19.1. The predicted octanol–water partition coefficient (Wildman–Crippen LogP) is 3.85. The highest BCUT2D eigenvalue weighted by Gasteiger charge is 2.14. The van der Waals surface area contributed by atoms with Crippen molar-refractivity contribution < 1.29 is 23.5 Å². The lowest BCUT2D eigenvalue weighted by atomic mass is 10.1. The van der Waals surface area contributed by atoms with E-state index in [1.54, 1.807) is 37.4 Å². The van der Waals surface area contributed by atoms with Crippen LogP contribution >= 0.6 is 0 Å². The molecule has 0 atom stereocenters. The fraction of sp³-hybridized carbons (Fsp3) is 0.333. The molecular weight excluding hydrogens is 349 g/mol. The van der Waals surface area contributed by atoms with Crippen molar-refractivity contribution in [2.45, 2.75) is 26.3 Å². The van der Waals surface area contributed by atoms with Crippen molar-refractivity contribution >= 4 is 11.7 Å². The van der Waals surface area contributed by atoms with E-state index in [1.165, 1.54) is 24.1 Å². The molecule has 0 unspecified atom stereocenters. The van der Waals surface area contributed by atoms with Gasteiger partial charge in [-0.1, -0.05) is 6.07 Å². The van der Waals surface area contributed by atoms with E-state index in [1.807, 2.05) is 6.92 Å². The second-order valence-corrected chi connectivity index (χ2v) is 6.10. The van der Waals surface area contributed by atoms with E-state index in [-0.39, 0.29) is 36.8 Å². The first-order chi connectivity index (χ1) is 12.9. The van der Waals surface area contributed by atoms with E-state index >= 15 is 0 Å². The van der Waals surface area contributed by atoms with Crippen LogP contribution < -0.4 is 9.47 Å². The molecule has 144 valence electrons. The summed E-state index contributed by atoms with van der Waals surface area (Å²) in [6.07, 6.45) is 0.218. The summed E-state index contributed by atoms with van der Waals surface area (Å²) in [5.41, 5.74) is 1.20. The molecule has 5 nitrogen and oxygen atoms in total. The van der Waals surface area contributed by atoms with E-state index in [2.05, 4.69) is 0 Å². The molecular formula is C21H24FNO4. The van der Waals surface area contributed by atoms with Crippen LogP contribution in [0.5, 0.6) is 11.5 Å². The molecule has 27 heavy (non-hydrogen) atoms. The van der Waals surface area contributed by atoms with Crippen molar-refractivity contribution in [1.29, 1.82) is 0 Å². The van der Waals surface area contributed by atoms with Crippen LogP contribution in [0.2, 0.25) is 0 Å². The maximum Gasteiger partial charge on any atom is 0.223 e. The number of hydrogen-bond acceptors (Lipinski definition) is 4. The number of halogens is 1.